The van der Waals surface area contributed by atoms with Crippen molar-refractivity contribution in [3.05, 3.63) is 48.3 Å². The monoisotopic (exact) mass is 348 g/mol. The molecule has 5 heterocycles. The standard InChI is InChI=1S/C18H20N8/c1-4-22-18(24-15(1)16-11-19-5-6-21-16)25-7-2-14(3-8-25)26-17-12-20-9-13(17)10-23-26/h1,4-6,10-11,14,20H,2-3,7-9,12H2. The Kier molecular flexibility index (Phi) is 3.82. The van der Waals surface area contributed by atoms with Crippen LogP contribution in [0, 0.1) is 0 Å². The third kappa shape index (κ3) is 2.72. The lowest BCUT2D eigenvalue weighted by Crippen LogP contribution is -2.36. The topological polar surface area (TPSA) is 84.7 Å². The van der Waals surface area contributed by atoms with Gasteiger partial charge in [-0.1, -0.05) is 0 Å². The molecule has 0 amide bonds. The van der Waals surface area contributed by atoms with Gasteiger partial charge in [-0.15, -0.1) is 0 Å². The number of hydrogen-bond acceptors (Lipinski definition) is 7. The molecule has 8 nitrogen and oxygen atoms in total. The fourth-order valence-electron chi connectivity index (χ4n) is 3.78. The summed E-state index contributed by atoms with van der Waals surface area (Å²) in [5.41, 5.74) is 4.27. The smallest absolute Gasteiger partial charge is 0.225 e. The first-order chi connectivity index (χ1) is 12.9. The zero-order chi connectivity index (χ0) is 17.3. The number of hydrogen-bond donors (Lipinski definition) is 1. The minimum absolute atomic E-state index is 0.457. The first kappa shape index (κ1) is 15.4. The van der Waals surface area contributed by atoms with Gasteiger partial charge in [-0.2, -0.15) is 5.10 Å². The van der Waals surface area contributed by atoms with Gasteiger partial charge in [0.2, 0.25) is 5.95 Å². The highest BCUT2D eigenvalue weighted by Crippen LogP contribution is 2.28. The van der Waals surface area contributed by atoms with E-state index in [0.717, 1.165) is 56.4 Å². The first-order valence-electron chi connectivity index (χ1n) is 8.99. The summed E-state index contributed by atoms with van der Waals surface area (Å²) in [4.78, 5) is 19.9. The second-order valence-corrected chi connectivity index (χ2v) is 6.72. The van der Waals surface area contributed by atoms with Crippen LogP contribution >= 0.6 is 0 Å². The molecule has 0 bridgehead atoms. The Morgan fingerprint density at radius 3 is 2.73 bits per heavy atom. The van der Waals surface area contributed by atoms with E-state index in [2.05, 4.69) is 34.9 Å². The highest BCUT2D eigenvalue weighted by Gasteiger charge is 2.26. The normalized spacial score (nSPS) is 17.5. The highest BCUT2D eigenvalue weighted by atomic mass is 15.3. The fourth-order valence-corrected chi connectivity index (χ4v) is 3.78. The fraction of sp³-hybridized carbons (Fsp3) is 0.389. The Balaban J connectivity index is 1.31. The Hall–Kier alpha value is -2.87. The van der Waals surface area contributed by atoms with E-state index in [-0.39, 0.29) is 0 Å². The maximum absolute atomic E-state index is 4.69. The van der Waals surface area contributed by atoms with E-state index in [1.165, 1.54) is 11.3 Å². The maximum atomic E-state index is 4.69. The largest absolute Gasteiger partial charge is 0.341 e. The van der Waals surface area contributed by atoms with E-state index in [0.29, 0.717) is 6.04 Å². The average molecular weight is 348 g/mol. The van der Waals surface area contributed by atoms with Gasteiger partial charge in [-0.25, -0.2) is 9.97 Å². The predicted molar refractivity (Wildman–Crippen MR) is 96.3 cm³/mol. The molecule has 2 aliphatic rings. The van der Waals surface area contributed by atoms with E-state index in [1.54, 1.807) is 24.8 Å². The zero-order valence-electron chi connectivity index (χ0n) is 14.4. The van der Waals surface area contributed by atoms with Crippen LogP contribution in [0.2, 0.25) is 0 Å². The third-order valence-corrected chi connectivity index (χ3v) is 5.15. The Labute approximate surface area is 151 Å². The van der Waals surface area contributed by atoms with Crippen molar-refractivity contribution in [2.24, 2.45) is 0 Å². The minimum atomic E-state index is 0.457. The molecule has 1 saturated heterocycles. The van der Waals surface area contributed by atoms with Gasteiger partial charge in [-0.05, 0) is 18.9 Å². The molecule has 0 aromatic carbocycles. The van der Waals surface area contributed by atoms with Crippen LogP contribution in [0.3, 0.4) is 0 Å². The van der Waals surface area contributed by atoms with Crippen LogP contribution in [0.4, 0.5) is 5.95 Å². The molecule has 0 saturated carbocycles. The second kappa shape index (κ2) is 6.45. The lowest BCUT2D eigenvalue weighted by Gasteiger charge is -2.32. The SMILES string of the molecule is c1cnc(-c2ccnc(N3CCC(n4ncc5c4CNC5)CC3)n2)cn1. The van der Waals surface area contributed by atoms with Gasteiger partial charge < -0.3 is 10.2 Å². The van der Waals surface area contributed by atoms with Crippen LogP contribution < -0.4 is 10.2 Å². The van der Waals surface area contributed by atoms with Crippen molar-refractivity contribution < 1.29 is 0 Å². The molecule has 3 aromatic heterocycles. The van der Waals surface area contributed by atoms with E-state index >= 15 is 0 Å². The van der Waals surface area contributed by atoms with Gasteiger partial charge in [0.1, 0.15) is 5.69 Å². The lowest BCUT2D eigenvalue weighted by atomic mass is 10.1. The summed E-state index contributed by atoms with van der Waals surface area (Å²) in [6.45, 7) is 3.73. The van der Waals surface area contributed by atoms with E-state index in [9.17, 15) is 0 Å². The Morgan fingerprint density at radius 1 is 0.962 bits per heavy atom. The molecule has 1 N–H and O–H groups in total. The molecule has 0 unspecified atom stereocenters. The molecule has 8 heteroatoms. The molecule has 5 rings (SSSR count). The van der Waals surface area contributed by atoms with Crippen LogP contribution in [-0.4, -0.2) is 42.8 Å². The van der Waals surface area contributed by atoms with Crippen molar-refractivity contribution in [3.8, 4) is 11.4 Å². The molecular weight excluding hydrogens is 328 g/mol. The van der Waals surface area contributed by atoms with Crippen molar-refractivity contribution in [1.82, 2.24) is 35.0 Å². The van der Waals surface area contributed by atoms with Crippen molar-refractivity contribution in [2.45, 2.75) is 32.0 Å². The summed E-state index contributed by atoms with van der Waals surface area (Å²) >= 11 is 0. The molecule has 0 aliphatic carbocycles. The van der Waals surface area contributed by atoms with Gasteiger partial charge in [-0.3, -0.25) is 14.6 Å². The summed E-state index contributed by atoms with van der Waals surface area (Å²) in [6.07, 6.45) is 11.0. The third-order valence-electron chi connectivity index (χ3n) is 5.15. The van der Waals surface area contributed by atoms with Crippen LogP contribution in [0.15, 0.2) is 37.1 Å². The Bertz CT molecular complexity index is 899. The number of aromatic nitrogens is 6. The molecule has 0 spiro atoms. The molecular formula is C18H20N8. The number of nitrogens with zero attached hydrogens (tertiary/aromatic N) is 7. The van der Waals surface area contributed by atoms with Crippen molar-refractivity contribution >= 4 is 5.95 Å². The maximum Gasteiger partial charge on any atom is 0.225 e. The summed E-state index contributed by atoms with van der Waals surface area (Å²) in [6, 6.07) is 2.33. The highest BCUT2D eigenvalue weighted by molar-refractivity contribution is 5.54. The van der Waals surface area contributed by atoms with Gasteiger partial charge in [0.05, 0.1) is 29.8 Å². The molecule has 0 atom stereocenters. The van der Waals surface area contributed by atoms with E-state index < -0.39 is 0 Å². The molecule has 0 radical (unpaired) electrons. The predicted octanol–water partition coefficient (Wildman–Crippen LogP) is 1.57. The van der Waals surface area contributed by atoms with Crippen molar-refractivity contribution in [1.29, 1.82) is 0 Å². The molecule has 1 fully saturated rings. The zero-order valence-corrected chi connectivity index (χ0v) is 14.4. The quantitative estimate of drug-likeness (QED) is 0.769. The lowest BCUT2D eigenvalue weighted by molar-refractivity contribution is 0.355. The number of rotatable bonds is 3. The summed E-state index contributed by atoms with van der Waals surface area (Å²) in [7, 11) is 0. The van der Waals surface area contributed by atoms with Crippen LogP contribution in [0.25, 0.3) is 11.4 Å². The number of nitrogens with one attached hydrogen (secondary N) is 1. The average Bonchev–Trinajstić information content (AvgIpc) is 3.33. The van der Waals surface area contributed by atoms with Crippen molar-refractivity contribution in [3.63, 3.8) is 0 Å². The first-order valence-corrected chi connectivity index (χ1v) is 8.99. The molecule has 26 heavy (non-hydrogen) atoms. The van der Waals surface area contributed by atoms with Gasteiger partial charge in [0, 0.05) is 50.3 Å². The molecule has 132 valence electrons. The van der Waals surface area contributed by atoms with E-state index in [4.69, 9.17) is 4.98 Å². The Morgan fingerprint density at radius 2 is 1.88 bits per heavy atom. The molecule has 3 aromatic rings. The summed E-state index contributed by atoms with van der Waals surface area (Å²) < 4.78 is 2.23. The van der Waals surface area contributed by atoms with Gasteiger partial charge in [0.15, 0.2) is 0 Å². The van der Waals surface area contributed by atoms with Crippen LogP contribution in [0.1, 0.15) is 30.1 Å². The number of anilines is 1. The molecule has 2 aliphatic heterocycles. The summed E-state index contributed by atoms with van der Waals surface area (Å²) in [5.74, 6) is 0.763. The minimum Gasteiger partial charge on any atom is -0.341 e. The van der Waals surface area contributed by atoms with Gasteiger partial charge >= 0.3 is 0 Å². The summed E-state index contributed by atoms with van der Waals surface area (Å²) in [5, 5.41) is 8.03. The second-order valence-electron chi connectivity index (χ2n) is 6.72. The van der Waals surface area contributed by atoms with E-state index in [1.807, 2.05) is 12.3 Å². The number of piperidine rings is 1. The van der Waals surface area contributed by atoms with Gasteiger partial charge in [0.25, 0.3) is 0 Å². The van der Waals surface area contributed by atoms with Crippen LogP contribution in [-0.2, 0) is 13.1 Å². The van der Waals surface area contributed by atoms with Crippen molar-refractivity contribution in [2.75, 3.05) is 18.0 Å². The van der Waals surface area contributed by atoms with Crippen LogP contribution in [0.5, 0.6) is 0 Å². The number of fused-ring (bicyclic) bond motifs is 1.